The summed E-state index contributed by atoms with van der Waals surface area (Å²) in [4.78, 5) is 0. The van der Waals surface area contributed by atoms with Gasteiger partial charge in [0.25, 0.3) is 0 Å². The lowest BCUT2D eigenvalue weighted by Crippen LogP contribution is -2.35. The summed E-state index contributed by atoms with van der Waals surface area (Å²) < 4.78 is 0. The van der Waals surface area contributed by atoms with E-state index in [9.17, 15) is 5.11 Å². The third kappa shape index (κ3) is 6.60. The lowest BCUT2D eigenvalue weighted by molar-refractivity contribution is 0.0797. The molecule has 0 aromatic rings. The average molecular weight is 180 g/mol. The summed E-state index contributed by atoms with van der Waals surface area (Å²) in [6, 6.07) is 0. The van der Waals surface area contributed by atoms with E-state index in [4.69, 9.17) is 0 Å². The quantitative estimate of drug-likeness (QED) is 0.680. The summed E-state index contributed by atoms with van der Waals surface area (Å²) in [6.07, 6.45) is 2.75. The van der Waals surface area contributed by atoms with Gasteiger partial charge in [-0.05, 0) is 39.2 Å². The zero-order valence-electron chi connectivity index (χ0n) is 7.26. The van der Waals surface area contributed by atoms with Crippen molar-refractivity contribution in [3.05, 3.63) is 0 Å². The topological polar surface area (TPSA) is 32.3 Å². The van der Waals surface area contributed by atoms with Gasteiger partial charge in [-0.2, -0.15) is 0 Å². The lowest BCUT2D eigenvalue weighted by Gasteiger charge is -2.17. The van der Waals surface area contributed by atoms with Crippen LogP contribution in [0.25, 0.3) is 0 Å². The fourth-order valence-electron chi connectivity index (χ4n) is 0.904. The monoisotopic (exact) mass is 179 g/mol. The molecule has 1 rings (SSSR count). The van der Waals surface area contributed by atoms with Crippen LogP contribution in [0, 0.1) is 5.92 Å². The molecular weight excluding hydrogens is 162 g/mol. The molecule has 2 nitrogen and oxygen atoms in total. The zero-order valence-corrected chi connectivity index (χ0v) is 8.08. The Kier molecular flexibility index (Phi) is 4.37. The van der Waals surface area contributed by atoms with E-state index in [0.717, 1.165) is 12.5 Å². The first kappa shape index (κ1) is 11.2. The highest BCUT2D eigenvalue weighted by molar-refractivity contribution is 5.85. The Morgan fingerprint density at radius 2 is 2.00 bits per heavy atom. The standard InChI is InChI=1S/C8H17NO.ClH/c1-8(2,10)6-9-5-7-3-4-7;/h7,9-10H,3-6H2,1-2H3;1H. The van der Waals surface area contributed by atoms with Gasteiger partial charge in [-0.3, -0.25) is 0 Å². The molecule has 0 bridgehead atoms. The van der Waals surface area contributed by atoms with Gasteiger partial charge in [0.05, 0.1) is 5.60 Å². The number of nitrogens with one attached hydrogen (secondary N) is 1. The first-order valence-electron chi connectivity index (χ1n) is 4.01. The van der Waals surface area contributed by atoms with Crippen molar-refractivity contribution in [3.63, 3.8) is 0 Å². The minimum absolute atomic E-state index is 0. The molecule has 1 saturated carbocycles. The third-order valence-corrected chi connectivity index (χ3v) is 1.69. The fraction of sp³-hybridized carbons (Fsp3) is 1.00. The van der Waals surface area contributed by atoms with Crippen LogP contribution in [0.5, 0.6) is 0 Å². The van der Waals surface area contributed by atoms with Crippen LogP contribution in [-0.2, 0) is 0 Å². The second-order valence-electron chi connectivity index (χ2n) is 3.89. The molecule has 11 heavy (non-hydrogen) atoms. The van der Waals surface area contributed by atoms with Crippen molar-refractivity contribution in [2.75, 3.05) is 13.1 Å². The maximum Gasteiger partial charge on any atom is 0.0715 e. The lowest BCUT2D eigenvalue weighted by atomic mass is 10.1. The number of rotatable bonds is 4. The zero-order chi connectivity index (χ0) is 7.61. The Morgan fingerprint density at radius 1 is 1.45 bits per heavy atom. The van der Waals surface area contributed by atoms with E-state index in [1.165, 1.54) is 12.8 Å². The van der Waals surface area contributed by atoms with E-state index in [1.54, 1.807) is 0 Å². The molecule has 0 heterocycles. The van der Waals surface area contributed by atoms with Gasteiger partial charge in [-0.1, -0.05) is 0 Å². The SMILES string of the molecule is CC(C)(O)CNCC1CC1.Cl. The Labute approximate surface area is 74.8 Å². The average Bonchev–Trinajstić information content (AvgIpc) is 2.45. The highest BCUT2D eigenvalue weighted by Gasteiger charge is 2.21. The highest BCUT2D eigenvalue weighted by Crippen LogP contribution is 2.27. The maximum absolute atomic E-state index is 9.29. The number of aliphatic hydroxyl groups is 1. The van der Waals surface area contributed by atoms with Crippen molar-refractivity contribution in [3.8, 4) is 0 Å². The van der Waals surface area contributed by atoms with Crippen LogP contribution in [-0.4, -0.2) is 23.8 Å². The van der Waals surface area contributed by atoms with Crippen LogP contribution < -0.4 is 5.32 Å². The molecule has 0 radical (unpaired) electrons. The second kappa shape index (κ2) is 4.29. The highest BCUT2D eigenvalue weighted by atomic mass is 35.5. The number of halogens is 1. The van der Waals surface area contributed by atoms with Gasteiger partial charge in [-0.15, -0.1) is 12.4 Å². The summed E-state index contributed by atoms with van der Waals surface area (Å²) in [5.74, 6) is 0.905. The minimum atomic E-state index is -0.547. The molecule has 0 spiro atoms. The van der Waals surface area contributed by atoms with E-state index < -0.39 is 5.60 Å². The molecular formula is C8H18ClNO. The predicted molar refractivity (Wildman–Crippen MR) is 49.1 cm³/mol. The van der Waals surface area contributed by atoms with Crippen LogP contribution >= 0.6 is 12.4 Å². The Balaban J connectivity index is 0.000001000. The van der Waals surface area contributed by atoms with Gasteiger partial charge in [0, 0.05) is 6.54 Å². The van der Waals surface area contributed by atoms with E-state index in [0.29, 0.717) is 6.54 Å². The van der Waals surface area contributed by atoms with Crippen LogP contribution in [0.3, 0.4) is 0 Å². The van der Waals surface area contributed by atoms with E-state index >= 15 is 0 Å². The molecule has 3 heteroatoms. The molecule has 0 unspecified atom stereocenters. The Morgan fingerprint density at radius 3 is 2.36 bits per heavy atom. The van der Waals surface area contributed by atoms with Gasteiger partial charge in [0.2, 0.25) is 0 Å². The largest absolute Gasteiger partial charge is 0.389 e. The van der Waals surface area contributed by atoms with Gasteiger partial charge >= 0.3 is 0 Å². The van der Waals surface area contributed by atoms with Gasteiger partial charge in [0.15, 0.2) is 0 Å². The smallest absolute Gasteiger partial charge is 0.0715 e. The Bertz CT molecular complexity index is 107. The number of hydrogen-bond acceptors (Lipinski definition) is 2. The summed E-state index contributed by atoms with van der Waals surface area (Å²) in [7, 11) is 0. The molecule has 0 saturated heterocycles. The van der Waals surface area contributed by atoms with Crippen molar-refractivity contribution in [2.45, 2.75) is 32.3 Å². The molecule has 0 aromatic heterocycles. The van der Waals surface area contributed by atoms with Crippen molar-refractivity contribution < 1.29 is 5.11 Å². The van der Waals surface area contributed by atoms with Crippen molar-refractivity contribution in [1.29, 1.82) is 0 Å². The Hall–Kier alpha value is 0.210. The van der Waals surface area contributed by atoms with Gasteiger partial charge in [-0.25, -0.2) is 0 Å². The summed E-state index contributed by atoms with van der Waals surface area (Å²) in [5, 5.41) is 12.5. The summed E-state index contributed by atoms with van der Waals surface area (Å²) in [6.45, 7) is 5.45. The molecule has 0 aromatic carbocycles. The van der Waals surface area contributed by atoms with Gasteiger partial charge in [0.1, 0.15) is 0 Å². The van der Waals surface area contributed by atoms with Crippen molar-refractivity contribution in [1.82, 2.24) is 5.32 Å². The second-order valence-corrected chi connectivity index (χ2v) is 3.89. The third-order valence-electron chi connectivity index (χ3n) is 1.69. The van der Waals surface area contributed by atoms with E-state index in [-0.39, 0.29) is 12.4 Å². The van der Waals surface area contributed by atoms with Crippen LogP contribution in [0.1, 0.15) is 26.7 Å². The fourth-order valence-corrected chi connectivity index (χ4v) is 0.904. The normalized spacial score (nSPS) is 17.7. The molecule has 1 aliphatic rings. The van der Waals surface area contributed by atoms with Crippen molar-refractivity contribution in [2.24, 2.45) is 5.92 Å². The van der Waals surface area contributed by atoms with Crippen LogP contribution in [0.15, 0.2) is 0 Å². The summed E-state index contributed by atoms with van der Waals surface area (Å²) in [5.41, 5.74) is -0.547. The molecule has 68 valence electrons. The molecule has 1 fully saturated rings. The van der Waals surface area contributed by atoms with Gasteiger partial charge < -0.3 is 10.4 Å². The summed E-state index contributed by atoms with van der Waals surface area (Å²) >= 11 is 0. The molecule has 0 atom stereocenters. The van der Waals surface area contributed by atoms with Crippen LogP contribution in [0.4, 0.5) is 0 Å². The van der Waals surface area contributed by atoms with Crippen LogP contribution in [0.2, 0.25) is 0 Å². The molecule has 0 amide bonds. The molecule has 1 aliphatic carbocycles. The maximum atomic E-state index is 9.29. The molecule has 0 aliphatic heterocycles. The molecule has 2 N–H and O–H groups in total. The van der Waals surface area contributed by atoms with E-state index in [2.05, 4.69) is 5.32 Å². The first-order valence-corrected chi connectivity index (χ1v) is 4.01. The van der Waals surface area contributed by atoms with Crippen molar-refractivity contribution >= 4 is 12.4 Å². The minimum Gasteiger partial charge on any atom is -0.389 e. The number of hydrogen-bond donors (Lipinski definition) is 2. The van der Waals surface area contributed by atoms with E-state index in [1.807, 2.05) is 13.8 Å². The predicted octanol–water partition coefficient (Wildman–Crippen LogP) is 1.18. The first-order chi connectivity index (χ1) is 4.58.